The van der Waals surface area contributed by atoms with E-state index in [1.165, 1.54) is 12.8 Å². The van der Waals surface area contributed by atoms with Gasteiger partial charge in [0.25, 0.3) is 0 Å². The molecule has 1 amide bonds. The number of fused-ring (bicyclic) bond motifs is 2. The summed E-state index contributed by atoms with van der Waals surface area (Å²) in [7, 11) is 0. The second-order valence-corrected chi connectivity index (χ2v) is 8.98. The number of nitrogens with one attached hydrogen (secondary N) is 1. The molecule has 4 nitrogen and oxygen atoms in total. The molecule has 0 aromatic heterocycles. The second kappa shape index (κ2) is 5.40. The van der Waals surface area contributed by atoms with Gasteiger partial charge in [-0.05, 0) is 71.6 Å². The van der Waals surface area contributed by atoms with Crippen molar-refractivity contribution in [2.24, 2.45) is 5.41 Å². The largest absolute Gasteiger partial charge is 0.444 e. The summed E-state index contributed by atoms with van der Waals surface area (Å²) < 4.78 is 5.61. The Morgan fingerprint density at radius 1 is 1.23 bits per heavy atom. The number of amides is 1. The summed E-state index contributed by atoms with van der Waals surface area (Å²) in [6.45, 7) is 10.5. The highest BCUT2D eigenvalue weighted by atomic mass is 16.6. The molecule has 2 aliphatic heterocycles. The first-order valence-corrected chi connectivity index (χ1v) is 8.95. The van der Waals surface area contributed by atoms with Gasteiger partial charge in [-0.1, -0.05) is 6.92 Å². The van der Waals surface area contributed by atoms with Gasteiger partial charge in [-0.3, -0.25) is 0 Å². The van der Waals surface area contributed by atoms with Crippen LogP contribution in [0.4, 0.5) is 4.79 Å². The molecule has 3 atom stereocenters. The van der Waals surface area contributed by atoms with Crippen molar-refractivity contribution in [3.05, 3.63) is 0 Å². The number of piperidine rings is 1. The van der Waals surface area contributed by atoms with Gasteiger partial charge in [0, 0.05) is 24.2 Å². The van der Waals surface area contributed by atoms with Crippen molar-refractivity contribution in [2.45, 2.75) is 103 Å². The van der Waals surface area contributed by atoms with E-state index in [-0.39, 0.29) is 6.09 Å². The smallest absolute Gasteiger partial charge is 0.410 e. The van der Waals surface area contributed by atoms with Gasteiger partial charge in [0.2, 0.25) is 0 Å². The van der Waals surface area contributed by atoms with Crippen LogP contribution in [0.3, 0.4) is 0 Å². The van der Waals surface area contributed by atoms with Crippen molar-refractivity contribution in [3.8, 4) is 0 Å². The lowest BCUT2D eigenvalue weighted by Gasteiger charge is -2.41. The number of rotatable bonds is 3. The molecule has 126 valence electrons. The summed E-state index contributed by atoms with van der Waals surface area (Å²) in [6.07, 6.45) is 7.02. The predicted octanol–water partition coefficient (Wildman–Crippen LogP) is 3.70. The number of hydrogen-bond acceptors (Lipinski definition) is 3. The zero-order valence-electron chi connectivity index (χ0n) is 14.8. The fraction of sp³-hybridized carbons (Fsp3) is 0.944. The van der Waals surface area contributed by atoms with Gasteiger partial charge >= 0.3 is 6.09 Å². The van der Waals surface area contributed by atoms with E-state index in [1.807, 2.05) is 25.7 Å². The molecule has 3 unspecified atom stereocenters. The Hall–Kier alpha value is -0.770. The second-order valence-electron chi connectivity index (χ2n) is 8.98. The first-order chi connectivity index (χ1) is 10.2. The lowest BCUT2D eigenvalue weighted by atomic mass is 9.94. The molecule has 0 radical (unpaired) electrons. The predicted molar refractivity (Wildman–Crippen MR) is 87.8 cm³/mol. The molecule has 2 bridgehead atoms. The molecule has 1 aliphatic carbocycles. The van der Waals surface area contributed by atoms with Gasteiger partial charge in [-0.2, -0.15) is 0 Å². The molecule has 1 saturated carbocycles. The summed E-state index contributed by atoms with van der Waals surface area (Å²) in [6, 6.07) is 1.88. The normalized spacial score (nSPS) is 34.4. The maximum absolute atomic E-state index is 12.5. The molecule has 3 fully saturated rings. The summed E-state index contributed by atoms with van der Waals surface area (Å²) >= 11 is 0. The van der Waals surface area contributed by atoms with Gasteiger partial charge < -0.3 is 15.0 Å². The lowest BCUT2D eigenvalue weighted by Crippen LogP contribution is -2.54. The molecular weight excluding hydrogens is 276 g/mol. The van der Waals surface area contributed by atoms with Crippen molar-refractivity contribution in [3.63, 3.8) is 0 Å². The lowest BCUT2D eigenvalue weighted by molar-refractivity contribution is 0.00398. The quantitative estimate of drug-likeness (QED) is 0.864. The van der Waals surface area contributed by atoms with Crippen LogP contribution in [0.1, 0.15) is 73.1 Å². The maximum Gasteiger partial charge on any atom is 0.410 e. The van der Waals surface area contributed by atoms with Gasteiger partial charge in [-0.25, -0.2) is 4.79 Å². The highest BCUT2D eigenvalue weighted by Gasteiger charge is 2.47. The van der Waals surface area contributed by atoms with Gasteiger partial charge in [-0.15, -0.1) is 0 Å². The first kappa shape index (κ1) is 16.1. The summed E-state index contributed by atoms with van der Waals surface area (Å²) in [5, 5.41) is 3.85. The van der Waals surface area contributed by atoms with Gasteiger partial charge in [0.05, 0.1) is 0 Å². The summed E-state index contributed by atoms with van der Waals surface area (Å²) in [5.74, 6) is 0. The number of carbonyl (C=O) groups excluding carboxylic acids is 1. The van der Waals surface area contributed by atoms with Crippen LogP contribution in [-0.2, 0) is 4.74 Å². The Morgan fingerprint density at radius 2 is 1.77 bits per heavy atom. The van der Waals surface area contributed by atoms with Crippen molar-refractivity contribution in [1.29, 1.82) is 0 Å². The van der Waals surface area contributed by atoms with Crippen LogP contribution < -0.4 is 5.32 Å². The number of hydrogen-bond donors (Lipinski definition) is 1. The van der Waals surface area contributed by atoms with Crippen molar-refractivity contribution < 1.29 is 9.53 Å². The molecule has 0 spiro atoms. The van der Waals surface area contributed by atoms with Crippen LogP contribution in [-0.4, -0.2) is 40.8 Å². The summed E-state index contributed by atoms with van der Waals surface area (Å²) in [4.78, 5) is 14.5. The third-order valence-electron chi connectivity index (χ3n) is 5.91. The molecule has 0 aromatic rings. The molecule has 3 aliphatic rings. The van der Waals surface area contributed by atoms with E-state index in [0.717, 1.165) is 25.7 Å². The van der Waals surface area contributed by atoms with Gasteiger partial charge in [0.1, 0.15) is 5.60 Å². The Labute approximate surface area is 135 Å². The highest BCUT2D eigenvalue weighted by Crippen LogP contribution is 2.48. The van der Waals surface area contributed by atoms with E-state index < -0.39 is 5.60 Å². The Kier molecular flexibility index (Phi) is 3.95. The molecule has 1 N–H and O–H groups in total. The zero-order valence-corrected chi connectivity index (χ0v) is 14.8. The van der Waals surface area contributed by atoms with E-state index in [4.69, 9.17) is 4.74 Å². The Balaban J connectivity index is 1.58. The van der Waals surface area contributed by atoms with Crippen molar-refractivity contribution in [2.75, 3.05) is 0 Å². The Bertz CT molecular complexity index is 425. The SMILES string of the molecule is CC(NC1CC2CCC(C1)N2C(=O)OC(C)(C)C)C1(C)CC1. The van der Waals surface area contributed by atoms with Crippen molar-refractivity contribution >= 4 is 6.09 Å². The van der Waals surface area contributed by atoms with E-state index in [1.54, 1.807) is 0 Å². The van der Waals surface area contributed by atoms with E-state index >= 15 is 0 Å². The van der Waals surface area contributed by atoms with Crippen LogP contribution in [0.2, 0.25) is 0 Å². The van der Waals surface area contributed by atoms with Crippen LogP contribution in [0, 0.1) is 5.41 Å². The minimum Gasteiger partial charge on any atom is -0.444 e. The molecule has 4 heteroatoms. The standard InChI is InChI=1S/C18H32N2O2/c1-12(18(5)8-9-18)19-13-10-14-6-7-15(11-13)20(14)16(21)22-17(2,3)4/h12-15,19H,6-11H2,1-5H3. The van der Waals surface area contributed by atoms with Crippen molar-refractivity contribution in [1.82, 2.24) is 10.2 Å². The number of ether oxygens (including phenoxy) is 1. The number of nitrogens with zero attached hydrogens (tertiary/aromatic N) is 1. The molecular formula is C18H32N2O2. The molecule has 2 saturated heterocycles. The monoisotopic (exact) mass is 308 g/mol. The fourth-order valence-corrected chi connectivity index (χ4v) is 4.11. The maximum atomic E-state index is 12.5. The van der Waals surface area contributed by atoms with Gasteiger partial charge in [0.15, 0.2) is 0 Å². The van der Waals surface area contributed by atoms with E-state index in [0.29, 0.717) is 29.6 Å². The molecule has 2 heterocycles. The average Bonchev–Trinajstić information content (AvgIpc) is 3.06. The Morgan fingerprint density at radius 3 is 2.23 bits per heavy atom. The molecule has 22 heavy (non-hydrogen) atoms. The van der Waals surface area contributed by atoms with E-state index in [9.17, 15) is 4.79 Å². The van der Waals surface area contributed by atoms with Crippen LogP contribution >= 0.6 is 0 Å². The minimum absolute atomic E-state index is 0.111. The minimum atomic E-state index is -0.402. The zero-order chi connectivity index (χ0) is 16.1. The average molecular weight is 308 g/mol. The third kappa shape index (κ3) is 3.27. The third-order valence-corrected chi connectivity index (χ3v) is 5.91. The van der Waals surface area contributed by atoms with E-state index in [2.05, 4.69) is 19.2 Å². The summed E-state index contributed by atoms with van der Waals surface area (Å²) in [5.41, 5.74) is 0.113. The number of carbonyl (C=O) groups is 1. The molecule has 3 rings (SSSR count). The fourth-order valence-electron chi connectivity index (χ4n) is 4.11. The topological polar surface area (TPSA) is 41.6 Å². The molecule has 0 aromatic carbocycles. The first-order valence-electron chi connectivity index (χ1n) is 8.95. The van der Waals surface area contributed by atoms with Crippen LogP contribution in [0.5, 0.6) is 0 Å². The van der Waals surface area contributed by atoms with Crippen LogP contribution in [0.15, 0.2) is 0 Å². The van der Waals surface area contributed by atoms with Crippen LogP contribution in [0.25, 0.3) is 0 Å². The highest BCUT2D eigenvalue weighted by molar-refractivity contribution is 5.69.